The molecule has 25 heavy (non-hydrogen) atoms. The van der Waals surface area contributed by atoms with Crippen molar-refractivity contribution < 1.29 is 4.39 Å². The van der Waals surface area contributed by atoms with Gasteiger partial charge in [-0.05, 0) is 25.1 Å². The van der Waals surface area contributed by atoms with E-state index in [1.54, 1.807) is 22.9 Å². The highest BCUT2D eigenvalue weighted by Gasteiger charge is 2.13. The third-order valence-corrected chi connectivity index (χ3v) is 3.89. The molecule has 0 saturated heterocycles. The molecule has 2 aromatic carbocycles. The predicted molar refractivity (Wildman–Crippen MR) is 93.1 cm³/mol. The zero-order valence-electron chi connectivity index (χ0n) is 13.5. The van der Waals surface area contributed by atoms with Gasteiger partial charge in [0.1, 0.15) is 12.1 Å². The Kier molecular flexibility index (Phi) is 3.81. The molecule has 4 aromatic rings. The molecule has 0 aliphatic carbocycles. The highest BCUT2D eigenvalue weighted by Crippen LogP contribution is 2.21. The van der Waals surface area contributed by atoms with E-state index in [0.717, 1.165) is 5.69 Å². The van der Waals surface area contributed by atoms with Gasteiger partial charge < -0.3 is 5.32 Å². The van der Waals surface area contributed by atoms with E-state index in [1.807, 2.05) is 31.2 Å². The van der Waals surface area contributed by atoms with Gasteiger partial charge in [-0.15, -0.1) is 5.10 Å². The van der Waals surface area contributed by atoms with Crippen molar-refractivity contribution in [3.63, 3.8) is 0 Å². The molecular weight excluding hydrogens is 319 g/mol. The first-order valence-corrected chi connectivity index (χ1v) is 7.82. The lowest BCUT2D eigenvalue weighted by Gasteiger charge is -2.06. The summed E-state index contributed by atoms with van der Waals surface area (Å²) in [5, 5.41) is 11.5. The number of halogens is 1. The minimum atomic E-state index is -0.279. The second-order valence-corrected chi connectivity index (χ2v) is 5.72. The molecular formula is C18H15FN6. The van der Waals surface area contributed by atoms with E-state index in [2.05, 4.69) is 25.6 Å². The fourth-order valence-electron chi connectivity index (χ4n) is 2.55. The first kappa shape index (κ1) is 15.2. The molecule has 0 aliphatic heterocycles. The summed E-state index contributed by atoms with van der Waals surface area (Å²) in [7, 11) is 0. The Bertz CT molecular complexity index is 1030. The van der Waals surface area contributed by atoms with Crippen LogP contribution < -0.4 is 5.32 Å². The van der Waals surface area contributed by atoms with Crippen molar-refractivity contribution in [2.75, 3.05) is 5.32 Å². The van der Waals surface area contributed by atoms with Crippen LogP contribution in [0, 0.1) is 12.7 Å². The van der Waals surface area contributed by atoms with Crippen LogP contribution in [0.4, 0.5) is 15.9 Å². The number of nitrogens with zero attached hydrogens (tertiary/aromatic N) is 5. The summed E-state index contributed by atoms with van der Waals surface area (Å²) in [6, 6.07) is 14.5. The number of nitrogens with one attached hydrogen (secondary N) is 1. The molecule has 0 atom stereocenters. The van der Waals surface area contributed by atoms with E-state index >= 15 is 0 Å². The van der Waals surface area contributed by atoms with Crippen LogP contribution in [0.2, 0.25) is 0 Å². The fourth-order valence-corrected chi connectivity index (χ4v) is 2.55. The SMILES string of the molecule is Cc1ccc(Nc2ncnc3c2nnn3Cc2ccccc2F)cc1. The fraction of sp³-hybridized carbons (Fsp3) is 0.111. The first-order chi connectivity index (χ1) is 12.2. The third kappa shape index (κ3) is 3.03. The number of aryl methyl sites for hydroxylation is 1. The molecule has 1 N–H and O–H groups in total. The monoisotopic (exact) mass is 334 g/mol. The van der Waals surface area contributed by atoms with Gasteiger partial charge in [0, 0.05) is 11.3 Å². The molecule has 0 bridgehead atoms. The molecule has 2 heterocycles. The van der Waals surface area contributed by atoms with Crippen molar-refractivity contribution in [1.29, 1.82) is 0 Å². The second kappa shape index (κ2) is 6.27. The zero-order valence-corrected chi connectivity index (χ0v) is 13.5. The van der Waals surface area contributed by atoms with Crippen molar-refractivity contribution in [1.82, 2.24) is 25.0 Å². The summed E-state index contributed by atoms with van der Waals surface area (Å²) < 4.78 is 15.4. The van der Waals surface area contributed by atoms with E-state index in [-0.39, 0.29) is 12.4 Å². The quantitative estimate of drug-likeness (QED) is 0.619. The number of hydrogen-bond acceptors (Lipinski definition) is 5. The van der Waals surface area contributed by atoms with E-state index in [0.29, 0.717) is 22.5 Å². The predicted octanol–water partition coefficient (Wildman–Crippen LogP) is 3.46. The molecule has 124 valence electrons. The summed E-state index contributed by atoms with van der Waals surface area (Å²) in [4.78, 5) is 8.50. The average molecular weight is 334 g/mol. The van der Waals surface area contributed by atoms with Crippen LogP contribution in [0.3, 0.4) is 0 Å². The maximum absolute atomic E-state index is 13.9. The molecule has 6 nitrogen and oxygen atoms in total. The second-order valence-electron chi connectivity index (χ2n) is 5.72. The van der Waals surface area contributed by atoms with Crippen molar-refractivity contribution >= 4 is 22.7 Å². The van der Waals surface area contributed by atoms with Crippen molar-refractivity contribution in [2.45, 2.75) is 13.5 Å². The van der Waals surface area contributed by atoms with Crippen LogP contribution in [-0.2, 0) is 6.54 Å². The lowest BCUT2D eigenvalue weighted by molar-refractivity contribution is 0.582. The molecule has 0 aliphatic rings. The molecule has 0 spiro atoms. The van der Waals surface area contributed by atoms with E-state index < -0.39 is 0 Å². The Balaban J connectivity index is 1.68. The van der Waals surface area contributed by atoms with Crippen LogP contribution in [0.25, 0.3) is 11.2 Å². The van der Waals surface area contributed by atoms with Gasteiger partial charge in [-0.1, -0.05) is 41.1 Å². The van der Waals surface area contributed by atoms with Crippen LogP contribution in [-0.4, -0.2) is 25.0 Å². The molecule has 7 heteroatoms. The molecule has 0 radical (unpaired) electrons. The lowest BCUT2D eigenvalue weighted by Crippen LogP contribution is -2.05. The average Bonchev–Trinajstić information content (AvgIpc) is 3.03. The third-order valence-electron chi connectivity index (χ3n) is 3.89. The Hall–Kier alpha value is -3.35. The van der Waals surface area contributed by atoms with Crippen molar-refractivity contribution in [3.05, 3.63) is 71.8 Å². The van der Waals surface area contributed by atoms with Gasteiger partial charge in [-0.2, -0.15) is 0 Å². The van der Waals surface area contributed by atoms with Crippen molar-refractivity contribution in [3.8, 4) is 0 Å². The first-order valence-electron chi connectivity index (χ1n) is 7.82. The van der Waals surface area contributed by atoms with Gasteiger partial charge in [-0.3, -0.25) is 0 Å². The van der Waals surface area contributed by atoms with Gasteiger partial charge in [-0.25, -0.2) is 19.0 Å². The standard InChI is InChI=1S/C18H15FN6/c1-12-6-8-14(9-7-12)22-17-16-18(21-11-20-17)25(24-23-16)10-13-4-2-3-5-15(13)19/h2-9,11H,10H2,1H3,(H,20,21,22). The Morgan fingerprint density at radius 1 is 1.04 bits per heavy atom. The highest BCUT2D eigenvalue weighted by atomic mass is 19.1. The molecule has 0 fully saturated rings. The van der Waals surface area contributed by atoms with Gasteiger partial charge in [0.25, 0.3) is 0 Å². The zero-order chi connectivity index (χ0) is 17.2. The number of anilines is 2. The minimum Gasteiger partial charge on any atom is -0.338 e. The van der Waals surface area contributed by atoms with Gasteiger partial charge >= 0.3 is 0 Å². The molecule has 4 rings (SSSR count). The number of fused-ring (bicyclic) bond motifs is 1. The summed E-state index contributed by atoms with van der Waals surface area (Å²) in [6.07, 6.45) is 1.44. The number of hydrogen-bond donors (Lipinski definition) is 1. The summed E-state index contributed by atoms with van der Waals surface area (Å²) in [6.45, 7) is 2.28. The molecule has 2 aromatic heterocycles. The van der Waals surface area contributed by atoms with Crippen LogP contribution in [0.1, 0.15) is 11.1 Å². The maximum atomic E-state index is 13.9. The van der Waals surface area contributed by atoms with Gasteiger partial charge in [0.15, 0.2) is 17.0 Å². The van der Waals surface area contributed by atoms with E-state index in [1.165, 1.54) is 18.0 Å². The van der Waals surface area contributed by atoms with Gasteiger partial charge in [0.2, 0.25) is 0 Å². The Labute approximate surface area is 143 Å². The van der Waals surface area contributed by atoms with Gasteiger partial charge in [0.05, 0.1) is 6.54 Å². The molecule has 0 amide bonds. The number of benzene rings is 2. The Morgan fingerprint density at radius 2 is 1.84 bits per heavy atom. The number of aromatic nitrogens is 5. The normalized spacial score (nSPS) is 11.0. The van der Waals surface area contributed by atoms with Crippen molar-refractivity contribution in [2.24, 2.45) is 0 Å². The largest absolute Gasteiger partial charge is 0.338 e. The number of rotatable bonds is 4. The Morgan fingerprint density at radius 3 is 2.64 bits per heavy atom. The van der Waals surface area contributed by atoms with E-state index in [4.69, 9.17) is 0 Å². The van der Waals surface area contributed by atoms with E-state index in [9.17, 15) is 4.39 Å². The molecule has 0 saturated carbocycles. The summed E-state index contributed by atoms with van der Waals surface area (Å²) >= 11 is 0. The maximum Gasteiger partial charge on any atom is 0.184 e. The smallest absolute Gasteiger partial charge is 0.184 e. The molecule has 0 unspecified atom stereocenters. The summed E-state index contributed by atoms with van der Waals surface area (Å²) in [5.41, 5.74) is 3.69. The highest BCUT2D eigenvalue weighted by molar-refractivity contribution is 5.84. The van der Waals surface area contributed by atoms with Crippen LogP contribution >= 0.6 is 0 Å². The van der Waals surface area contributed by atoms with Crippen LogP contribution in [0.15, 0.2) is 54.9 Å². The van der Waals surface area contributed by atoms with Crippen LogP contribution in [0.5, 0.6) is 0 Å². The topological polar surface area (TPSA) is 68.5 Å². The minimum absolute atomic E-state index is 0.254. The summed E-state index contributed by atoms with van der Waals surface area (Å²) in [5.74, 6) is 0.284. The lowest BCUT2D eigenvalue weighted by atomic mass is 10.2.